The first-order valence-corrected chi connectivity index (χ1v) is 5.52. The molecule has 0 saturated carbocycles. The quantitative estimate of drug-likeness (QED) is 0.626. The lowest BCUT2D eigenvalue weighted by atomic mass is 10.1. The standard InChI is InChI=1S/C11H5ClF3N3O2/c12-10-4-2-8(16-17-10)6-1-3-9(18(19)20)7(5-6)11(13,14)15/h1-5H. The van der Waals surface area contributed by atoms with Crippen LogP contribution in [0.5, 0.6) is 0 Å². The maximum absolute atomic E-state index is 12.8. The van der Waals surface area contributed by atoms with E-state index in [0.29, 0.717) is 6.07 Å². The summed E-state index contributed by atoms with van der Waals surface area (Å²) >= 11 is 5.53. The summed E-state index contributed by atoms with van der Waals surface area (Å²) in [5.74, 6) is 0. The van der Waals surface area contributed by atoms with Crippen molar-refractivity contribution in [1.29, 1.82) is 0 Å². The van der Waals surface area contributed by atoms with E-state index in [4.69, 9.17) is 11.6 Å². The Kier molecular flexibility index (Phi) is 3.58. The van der Waals surface area contributed by atoms with Crippen molar-refractivity contribution >= 4 is 17.3 Å². The fourth-order valence-corrected chi connectivity index (χ4v) is 1.65. The van der Waals surface area contributed by atoms with Crippen LogP contribution in [0.1, 0.15) is 5.56 Å². The van der Waals surface area contributed by atoms with Gasteiger partial charge in [-0.25, -0.2) is 0 Å². The first-order chi connectivity index (χ1) is 9.29. The number of aromatic nitrogens is 2. The zero-order chi connectivity index (χ0) is 14.9. The zero-order valence-electron chi connectivity index (χ0n) is 9.56. The normalized spacial score (nSPS) is 11.4. The molecule has 1 aromatic carbocycles. The second-order valence-electron chi connectivity index (χ2n) is 3.73. The van der Waals surface area contributed by atoms with Crippen molar-refractivity contribution in [1.82, 2.24) is 10.2 Å². The predicted octanol–water partition coefficient (Wildman–Crippen LogP) is 3.72. The van der Waals surface area contributed by atoms with Crippen LogP contribution in [0.3, 0.4) is 0 Å². The third kappa shape index (κ3) is 2.85. The maximum Gasteiger partial charge on any atom is 0.423 e. The van der Waals surface area contributed by atoms with Gasteiger partial charge in [-0.2, -0.15) is 13.2 Å². The van der Waals surface area contributed by atoms with Gasteiger partial charge in [0.2, 0.25) is 0 Å². The van der Waals surface area contributed by atoms with Crippen LogP contribution in [0.25, 0.3) is 11.3 Å². The minimum Gasteiger partial charge on any atom is -0.258 e. The van der Waals surface area contributed by atoms with E-state index in [0.717, 1.165) is 6.07 Å². The van der Waals surface area contributed by atoms with E-state index in [1.165, 1.54) is 18.2 Å². The highest BCUT2D eigenvalue weighted by Crippen LogP contribution is 2.38. The summed E-state index contributed by atoms with van der Waals surface area (Å²) in [6, 6.07) is 5.35. The molecule has 1 heterocycles. The Hall–Kier alpha value is -2.22. The Morgan fingerprint density at radius 3 is 2.35 bits per heavy atom. The van der Waals surface area contributed by atoms with Gasteiger partial charge in [0.05, 0.1) is 10.6 Å². The van der Waals surface area contributed by atoms with Crippen molar-refractivity contribution in [3.05, 3.63) is 51.2 Å². The fourth-order valence-electron chi connectivity index (χ4n) is 1.55. The molecule has 104 valence electrons. The molecule has 9 heteroatoms. The predicted molar refractivity (Wildman–Crippen MR) is 64.1 cm³/mol. The van der Waals surface area contributed by atoms with E-state index < -0.39 is 22.4 Å². The van der Waals surface area contributed by atoms with Crippen molar-refractivity contribution in [2.24, 2.45) is 0 Å². The molecule has 0 atom stereocenters. The molecule has 2 rings (SSSR count). The Morgan fingerprint density at radius 2 is 1.85 bits per heavy atom. The number of benzene rings is 1. The number of rotatable bonds is 2. The molecule has 0 spiro atoms. The van der Waals surface area contributed by atoms with Gasteiger partial charge in [0, 0.05) is 11.6 Å². The average Bonchev–Trinajstić information content (AvgIpc) is 2.38. The highest BCUT2D eigenvalue weighted by atomic mass is 35.5. The van der Waals surface area contributed by atoms with Crippen LogP contribution in [-0.4, -0.2) is 15.1 Å². The van der Waals surface area contributed by atoms with Gasteiger partial charge in [-0.15, -0.1) is 10.2 Å². The first-order valence-electron chi connectivity index (χ1n) is 5.14. The summed E-state index contributed by atoms with van der Waals surface area (Å²) in [4.78, 5) is 9.54. The van der Waals surface area contributed by atoms with Crippen LogP contribution in [0, 0.1) is 10.1 Å². The molecule has 0 bridgehead atoms. The summed E-state index contributed by atoms with van der Waals surface area (Å²) < 4.78 is 38.4. The van der Waals surface area contributed by atoms with E-state index in [1.807, 2.05) is 0 Å². The van der Waals surface area contributed by atoms with Gasteiger partial charge < -0.3 is 0 Å². The minimum atomic E-state index is -4.84. The highest BCUT2D eigenvalue weighted by molar-refractivity contribution is 6.29. The van der Waals surface area contributed by atoms with Gasteiger partial charge >= 0.3 is 6.18 Å². The van der Waals surface area contributed by atoms with Crippen LogP contribution in [-0.2, 0) is 6.18 Å². The lowest BCUT2D eigenvalue weighted by molar-refractivity contribution is -0.388. The van der Waals surface area contributed by atoms with Crippen LogP contribution in [0.2, 0.25) is 5.15 Å². The third-order valence-electron chi connectivity index (χ3n) is 2.43. The summed E-state index contributed by atoms with van der Waals surface area (Å²) in [6.07, 6.45) is -4.84. The van der Waals surface area contributed by atoms with Crippen LogP contribution in [0.4, 0.5) is 18.9 Å². The molecule has 0 N–H and O–H groups in total. The van der Waals surface area contributed by atoms with Gasteiger partial charge in [-0.05, 0) is 24.3 Å². The van der Waals surface area contributed by atoms with E-state index in [1.54, 1.807) is 0 Å². The van der Waals surface area contributed by atoms with Crippen molar-refractivity contribution in [3.63, 3.8) is 0 Å². The van der Waals surface area contributed by atoms with Crippen molar-refractivity contribution in [3.8, 4) is 11.3 Å². The molecule has 20 heavy (non-hydrogen) atoms. The molecule has 0 radical (unpaired) electrons. The molecule has 0 saturated heterocycles. The molecule has 2 aromatic rings. The number of hydrogen-bond donors (Lipinski definition) is 0. The van der Waals surface area contributed by atoms with E-state index in [-0.39, 0.29) is 16.4 Å². The number of nitro groups is 1. The Balaban J connectivity index is 2.58. The Morgan fingerprint density at radius 1 is 1.15 bits per heavy atom. The van der Waals surface area contributed by atoms with Crippen molar-refractivity contribution in [2.75, 3.05) is 0 Å². The van der Waals surface area contributed by atoms with E-state index in [9.17, 15) is 23.3 Å². The second kappa shape index (κ2) is 5.04. The van der Waals surface area contributed by atoms with Crippen molar-refractivity contribution < 1.29 is 18.1 Å². The molecule has 0 amide bonds. The van der Waals surface area contributed by atoms with Crippen molar-refractivity contribution in [2.45, 2.75) is 6.18 Å². The van der Waals surface area contributed by atoms with Crippen LogP contribution in [0.15, 0.2) is 30.3 Å². The molecular formula is C11H5ClF3N3O2. The van der Waals surface area contributed by atoms with Crippen LogP contribution < -0.4 is 0 Å². The molecule has 0 aliphatic rings. The monoisotopic (exact) mass is 303 g/mol. The first kappa shape index (κ1) is 14.2. The summed E-state index contributed by atoms with van der Waals surface area (Å²) in [5, 5.41) is 17.8. The fraction of sp³-hybridized carbons (Fsp3) is 0.0909. The molecule has 0 fully saturated rings. The highest BCUT2D eigenvalue weighted by Gasteiger charge is 2.38. The molecule has 0 aliphatic carbocycles. The molecule has 1 aromatic heterocycles. The maximum atomic E-state index is 12.8. The Bertz CT molecular complexity index is 659. The molecular weight excluding hydrogens is 299 g/mol. The van der Waals surface area contributed by atoms with E-state index in [2.05, 4.69) is 10.2 Å². The smallest absolute Gasteiger partial charge is 0.258 e. The number of nitro benzene ring substituents is 1. The van der Waals surface area contributed by atoms with Gasteiger partial charge in [0.1, 0.15) is 5.56 Å². The minimum absolute atomic E-state index is 0.0621. The molecule has 0 unspecified atom stereocenters. The second-order valence-corrected chi connectivity index (χ2v) is 4.12. The van der Waals surface area contributed by atoms with Gasteiger partial charge in [-0.3, -0.25) is 10.1 Å². The lowest BCUT2D eigenvalue weighted by Crippen LogP contribution is -2.09. The number of nitrogens with zero attached hydrogens (tertiary/aromatic N) is 3. The zero-order valence-corrected chi connectivity index (χ0v) is 10.3. The summed E-state index contributed by atoms with van der Waals surface area (Å²) in [7, 11) is 0. The number of halogens is 4. The largest absolute Gasteiger partial charge is 0.423 e. The van der Waals surface area contributed by atoms with E-state index >= 15 is 0 Å². The molecule has 5 nitrogen and oxygen atoms in total. The van der Waals surface area contributed by atoms with Gasteiger partial charge in [0.25, 0.3) is 5.69 Å². The summed E-state index contributed by atoms with van der Waals surface area (Å²) in [5.41, 5.74) is -2.15. The Labute approximate surface area is 115 Å². The number of alkyl halides is 3. The topological polar surface area (TPSA) is 68.9 Å². The van der Waals surface area contributed by atoms with Crippen LogP contribution >= 0.6 is 11.6 Å². The van der Waals surface area contributed by atoms with Gasteiger partial charge in [-0.1, -0.05) is 11.6 Å². The molecule has 0 aliphatic heterocycles. The summed E-state index contributed by atoms with van der Waals surface area (Å²) in [6.45, 7) is 0. The third-order valence-corrected chi connectivity index (χ3v) is 2.63. The lowest BCUT2D eigenvalue weighted by Gasteiger charge is -2.09. The van der Waals surface area contributed by atoms with Gasteiger partial charge in [0.15, 0.2) is 5.15 Å². The number of hydrogen-bond acceptors (Lipinski definition) is 4. The average molecular weight is 304 g/mol. The SMILES string of the molecule is O=[N+]([O-])c1ccc(-c2ccc(Cl)nn2)cc1C(F)(F)F.